The second-order valence-corrected chi connectivity index (χ2v) is 5.74. The van der Waals surface area contributed by atoms with Gasteiger partial charge in [-0.05, 0) is 11.1 Å². The Morgan fingerprint density at radius 3 is 1.73 bits per heavy atom. The normalized spacial score (nSPS) is 18.9. The highest BCUT2D eigenvalue weighted by atomic mass is 32.2. The molecule has 1 aromatic rings. The Balaban J connectivity index is 1.97. The van der Waals surface area contributed by atoms with E-state index in [9.17, 15) is 0 Å². The minimum absolute atomic E-state index is 0.891. The summed E-state index contributed by atoms with van der Waals surface area (Å²) in [5.41, 5.74) is 2.85. The van der Waals surface area contributed by atoms with E-state index >= 15 is 0 Å². The maximum atomic E-state index is 5.54. The van der Waals surface area contributed by atoms with Crippen LogP contribution in [0.4, 0.5) is 0 Å². The molecule has 0 atom stereocenters. The zero-order valence-corrected chi connectivity index (χ0v) is 10.4. The molecule has 1 nitrogen and oxygen atoms in total. The average molecular weight is 240 g/mol. The first-order valence-corrected chi connectivity index (χ1v) is 7.57. The van der Waals surface area contributed by atoms with Crippen LogP contribution in [-0.2, 0) is 16.2 Å². The summed E-state index contributed by atoms with van der Waals surface area (Å²) >= 11 is 3.90. The maximum absolute atomic E-state index is 5.54. The zero-order valence-electron chi connectivity index (χ0n) is 8.78. The van der Waals surface area contributed by atoms with Crippen molar-refractivity contribution in [2.75, 3.05) is 24.7 Å². The number of benzene rings is 1. The number of fused-ring (bicyclic) bond motifs is 10. The Kier molecular flexibility index (Phi) is 4.90. The minimum atomic E-state index is 0.891. The topological polar surface area (TPSA) is 9.23 Å². The highest BCUT2D eigenvalue weighted by Gasteiger charge is 1.99. The molecular weight excluding hydrogens is 224 g/mol. The van der Waals surface area contributed by atoms with Gasteiger partial charge in [-0.15, -0.1) is 0 Å². The molecule has 2 bridgehead atoms. The smallest absolute Gasteiger partial charge is 0.0557 e. The van der Waals surface area contributed by atoms with Gasteiger partial charge >= 0.3 is 0 Å². The van der Waals surface area contributed by atoms with Crippen molar-refractivity contribution >= 4 is 23.5 Å². The SMILES string of the molecule is c1cc2ccc1CSCCOCCSC2. The van der Waals surface area contributed by atoms with Crippen molar-refractivity contribution in [3.05, 3.63) is 35.4 Å². The lowest BCUT2D eigenvalue weighted by molar-refractivity contribution is 0.167. The van der Waals surface area contributed by atoms with Crippen LogP contribution in [-0.4, -0.2) is 24.7 Å². The summed E-state index contributed by atoms with van der Waals surface area (Å²) in [6.07, 6.45) is 0. The number of hydrogen-bond donors (Lipinski definition) is 0. The monoisotopic (exact) mass is 240 g/mol. The van der Waals surface area contributed by atoms with Crippen LogP contribution < -0.4 is 0 Å². The first-order valence-electron chi connectivity index (χ1n) is 5.26. The number of thioether (sulfide) groups is 2. The minimum Gasteiger partial charge on any atom is -0.380 e. The first-order chi connectivity index (χ1) is 7.45. The quantitative estimate of drug-likeness (QED) is 0.689. The lowest BCUT2D eigenvalue weighted by Crippen LogP contribution is -2.01. The van der Waals surface area contributed by atoms with E-state index < -0.39 is 0 Å². The van der Waals surface area contributed by atoms with Crippen LogP contribution in [0.1, 0.15) is 11.1 Å². The standard InChI is InChI=1S/C12H16OS2/c1-2-12-4-3-11(1)9-14-7-5-13-6-8-15-10-12/h1-4H,5-10H2. The van der Waals surface area contributed by atoms with Gasteiger partial charge in [-0.1, -0.05) is 24.3 Å². The van der Waals surface area contributed by atoms with E-state index in [-0.39, 0.29) is 0 Å². The van der Waals surface area contributed by atoms with Crippen molar-refractivity contribution < 1.29 is 4.74 Å². The third-order valence-corrected chi connectivity index (χ3v) is 4.29. The average Bonchev–Trinajstić information content (AvgIpc) is 2.31. The van der Waals surface area contributed by atoms with Crippen LogP contribution in [0.2, 0.25) is 0 Å². The summed E-state index contributed by atoms with van der Waals surface area (Å²) in [7, 11) is 0. The predicted molar refractivity (Wildman–Crippen MR) is 69.6 cm³/mol. The van der Waals surface area contributed by atoms with E-state index in [1.54, 1.807) is 0 Å². The summed E-state index contributed by atoms with van der Waals surface area (Å²) in [6.45, 7) is 1.78. The van der Waals surface area contributed by atoms with Crippen molar-refractivity contribution in [1.29, 1.82) is 0 Å². The van der Waals surface area contributed by atoms with Gasteiger partial charge in [-0.2, -0.15) is 23.5 Å². The molecule has 0 radical (unpaired) electrons. The Morgan fingerprint density at radius 1 is 0.800 bits per heavy atom. The molecule has 15 heavy (non-hydrogen) atoms. The molecule has 3 heteroatoms. The molecule has 3 rings (SSSR count). The molecular formula is C12H16OS2. The molecule has 0 amide bonds. The third kappa shape index (κ3) is 4.09. The lowest BCUT2D eigenvalue weighted by Gasteiger charge is -2.02. The van der Waals surface area contributed by atoms with E-state index in [4.69, 9.17) is 4.74 Å². The van der Waals surface area contributed by atoms with Gasteiger partial charge in [0.25, 0.3) is 0 Å². The molecule has 0 aliphatic carbocycles. The largest absolute Gasteiger partial charge is 0.380 e. The van der Waals surface area contributed by atoms with Gasteiger partial charge in [0.1, 0.15) is 0 Å². The summed E-state index contributed by atoms with van der Waals surface area (Å²) < 4.78 is 5.54. The molecule has 0 saturated heterocycles. The van der Waals surface area contributed by atoms with E-state index in [1.807, 2.05) is 23.5 Å². The molecule has 0 N–H and O–H groups in total. The third-order valence-electron chi connectivity index (χ3n) is 2.30. The Labute approximate surface area is 100.0 Å². The molecule has 2 aliphatic rings. The molecule has 82 valence electrons. The highest BCUT2D eigenvalue weighted by Crippen LogP contribution is 2.17. The first kappa shape index (κ1) is 11.4. The second kappa shape index (κ2) is 6.46. The van der Waals surface area contributed by atoms with Crippen molar-refractivity contribution in [3.63, 3.8) is 0 Å². The molecule has 0 unspecified atom stereocenters. The summed E-state index contributed by atoms with van der Waals surface area (Å²) in [6, 6.07) is 9.01. The van der Waals surface area contributed by atoms with Crippen LogP contribution in [0.15, 0.2) is 24.3 Å². The second-order valence-electron chi connectivity index (χ2n) is 3.53. The van der Waals surface area contributed by atoms with Crippen LogP contribution in [0, 0.1) is 0 Å². The van der Waals surface area contributed by atoms with Gasteiger partial charge in [-0.25, -0.2) is 0 Å². The van der Waals surface area contributed by atoms with Crippen LogP contribution in [0.3, 0.4) is 0 Å². The fourth-order valence-electron chi connectivity index (χ4n) is 1.45. The van der Waals surface area contributed by atoms with Crippen molar-refractivity contribution in [1.82, 2.24) is 0 Å². The van der Waals surface area contributed by atoms with Crippen molar-refractivity contribution in [2.45, 2.75) is 11.5 Å². The van der Waals surface area contributed by atoms with Gasteiger partial charge in [0.15, 0.2) is 0 Å². The van der Waals surface area contributed by atoms with Gasteiger partial charge in [0.2, 0.25) is 0 Å². The van der Waals surface area contributed by atoms with Crippen LogP contribution in [0.25, 0.3) is 0 Å². The molecule has 0 aromatic heterocycles. The number of hydrogen-bond acceptors (Lipinski definition) is 3. The Bertz CT molecular complexity index is 255. The van der Waals surface area contributed by atoms with Gasteiger partial charge in [0.05, 0.1) is 13.2 Å². The van der Waals surface area contributed by atoms with Gasteiger partial charge < -0.3 is 4.74 Å². The molecule has 2 heterocycles. The Hall–Kier alpha value is -0.120. The van der Waals surface area contributed by atoms with Gasteiger partial charge in [0, 0.05) is 23.0 Å². The zero-order chi connectivity index (χ0) is 10.3. The lowest BCUT2D eigenvalue weighted by atomic mass is 10.2. The van der Waals surface area contributed by atoms with Crippen LogP contribution >= 0.6 is 23.5 Å². The van der Waals surface area contributed by atoms with E-state index in [0.29, 0.717) is 0 Å². The molecule has 2 aliphatic heterocycles. The molecule has 1 aromatic carbocycles. The van der Waals surface area contributed by atoms with E-state index in [1.165, 1.54) is 11.1 Å². The summed E-state index contributed by atoms with van der Waals surface area (Å²) in [5, 5.41) is 0. The fourth-order valence-corrected chi connectivity index (χ4v) is 3.07. The maximum Gasteiger partial charge on any atom is 0.0557 e. The predicted octanol–water partition coefficient (Wildman–Crippen LogP) is 3.18. The Morgan fingerprint density at radius 2 is 1.27 bits per heavy atom. The van der Waals surface area contributed by atoms with E-state index in [2.05, 4.69) is 24.3 Å². The van der Waals surface area contributed by atoms with Crippen LogP contribution in [0.5, 0.6) is 0 Å². The number of ether oxygens (including phenoxy) is 1. The molecule has 0 spiro atoms. The summed E-state index contributed by atoms with van der Waals surface area (Å²) in [5.74, 6) is 4.42. The van der Waals surface area contributed by atoms with Crippen molar-refractivity contribution in [3.8, 4) is 0 Å². The molecule has 0 fully saturated rings. The fraction of sp³-hybridized carbons (Fsp3) is 0.500. The number of rotatable bonds is 0. The van der Waals surface area contributed by atoms with Gasteiger partial charge in [-0.3, -0.25) is 0 Å². The summed E-state index contributed by atoms with van der Waals surface area (Å²) in [4.78, 5) is 0. The highest BCUT2D eigenvalue weighted by molar-refractivity contribution is 7.98. The molecule has 0 saturated carbocycles. The van der Waals surface area contributed by atoms with Crippen molar-refractivity contribution in [2.24, 2.45) is 0 Å². The van der Waals surface area contributed by atoms with E-state index in [0.717, 1.165) is 36.2 Å².